The van der Waals surface area contributed by atoms with E-state index in [1.807, 2.05) is 0 Å². The Balaban J connectivity index is 2.33. The van der Waals surface area contributed by atoms with E-state index >= 15 is 0 Å². The zero-order valence-electron chi connectivity index (χ0n) is 11.3. The van der Waals surface area contributed by atoms with Gasteiger partial charge in [-0.25, -0.2) is 8.42 Å². The first-order valence-electron chi connectivity index (χ1n) is 6.55. The van der Waals surface area contributed by atoms with E-state index in [0.717, 1.165) is 12.8 Å². The molecule has 6 heteroatoms. The van der Waals surface area contributed by atoms with Crippen LogP contribution in [0.25, 0.3) is 0 Å². The molecule has 20 heavy (non-hydrogen) atoms. The highest BCUT2D eigenvalue weighted by molar-refractivity contribution is 7.89. The van der Waals surface area contributed by atoms with Crippen molar-refractivity contribution in [2.75, 3.05) is 6.54 Å². The molecule has 108 valence electrons. The van der Waals surface area contributed by atoms with Crippen LogP contribution in [0.4, 0.5) is 0 Å². The number of rotatable bonds is 4. The third kappa shape index (κ3) is 2.81. The van der Waals surface area contributed by atoms with Crippen molar-refractivity contribution in [2.45, 2.75) is 37.1 Å². The summed E-state index contributed by atoms with van der Waals surface area (Å²) in [7, 11) is -3.67. The topological polar surface area (TPSA) is 71.5 Å². The zero-order valence-corrected chi connectivity index (χ0v) is 12.1. The Morgan fingerprint density at radius 3 is 2.45 bits per heavy atom. The van der Waals surface area contributed by atoms with Crippen molar-refractivity contribution in [3.8, 4) is 0 Å². The van der Waals surface area contributed by atoms with Crippen LogP contribution >= 0.6 is 0 Å². The predicted octanol–water partition coefficient (Wildman–Crippen LogP) is 1.63. The van der Waals surface area contributed by atoms with E-state index in [1.165, 1.54) is 35.5 Å². The molecule has 1 unspecified atom stereocenters. The number of aldehydes is 1. The van der Waals surface area contributed by atoms with E-state index in [-0.39, 0.29) is 10.7 Å². The van der Waals surface area contributed by atoms with Crippen LogP contribution in [0.2, 0.25) is 0 Å². The van der Waals surface area contributed by atoms with Gasteiger partial charge in [-0.3, -0.25) is 4.79 Å². The average molecular weight is 295 g/mol. The van der Waals surface area contributed by atoms with E-state index in [1.54, 1.807) is 0 Å². The van der Waals surface area contributed by atoms with Gasteiger partial charge in [0.05, 0.1) is 10.9 Å². The normalized spacial score (nSPS) is 20.6. The van der Waals surface area contributed by atoms with Gasteiger partial charge < -0.3 is 4.79 Å². The van der Waals surface area contributed by atoms with Crippen LogP contribution in [-0.4, -0.2) is 37.4 Å². The second-order valence-electron chi connectivity index (χ2n) is 4.90. The molecule has 1 aliphatic rings. The molecule has 1 aromatic carbocycles. The third-order valence-corrected chi connectivity index (χ3v) is 5.46. The highest BCUT2D eigenvalue weighted by Gasteiger charge is 2.33. The molecule has 0 N–H and O–H groups in total. The van der Waals surface area contributed by atoms with Gasteiger partial charge in [0.1, 0.15) is 6.29 Å². The van der Waals surface area contributed by atoms with Crippen LogP contribution in [0.5, 0.6) is 0 Å². The molecule has 1 aliphatic heterocycles. The van der Waals surface area contributed by atoms with Crippen molar-refractivity contribution >= 4 is 22.1 Å². The highest BCUT2D eigenvalue weighted by Crippen LogP contribution is 2.24. The predicted molar refractivity (Wildman–Crippen MR) is 74.0 cm³/mol. The molecule has 0 radical (unpaired) electrons. The van der Waals surface area contributed by atoms with Gasteiger partial charge in [-0.05, 0) is 31.9 Å². The minimum absolute atomic E-state index is 0.113. The van der Waals surface area contributed by atoms with E-state index in [2.05, 4.69) is 0 Å². The molecule has 1 atom stereocenters. The quantitative estimate of drug-likeness (QED) is 0.625. The Bertz CT molecular complexity index is 607. The second kappa shape index (κ2) is 5.85. The molecule has 0 aliphatic carbocycles. The lowest BCUT2D eigenvalue weighted by atomic mass is 10.1. The van der Waals surface area contributed by atoms with Crippen LogP contribution < -0.4 is 0 Å². The third-order valence-electron chi connectivity index (χ3n) is 3.52. The summed E-state index contributed by atoms with van der Waals surface area (Å²) < 4.78 is 26.3. The molecule has 0 amide bonds. The van der Waals surface area contributed by atoms with Crippen LogP contribution in [0.15, 0.2) is 29.2 Å². The Hall–Kier alpha value is -1.53. The van der Waals surface area contributed by atoms with Gasteiger partial charge in [-0.1, -0.05) is 18.6 Å². The summed E-state index contributed by atoms with van der Waals surface area (Å²) in [5, 5.41) is 0. The maximum absolute atomic E-state index is 12.5. The number of hydrogen-bond acceptors (Lipinski definition) is 4. The lowest BCUT2D eigenvalue weighted by Crippen LogP contribution is -2.44. The number of piperidine rings is 1. The van der Waals surface area contributed by atoms with E-state index < -0.39 is 16.1 Å². The maximum atomic E-state index is 12.5. The lowest BCUT2D eigenvalue weighted by molar-refractivity contribution is -0.111. The smallest absolute Gasteiger partial charge is 0.243 e. The largest absolute Gasteiger partial charge is 0.302 e. The van der Waals surface area contributed by atoms with Gasteiger partial charge in [-0.2, -0.15) is 4.31 Å². The molecule has 0 bridgehead atoms. The summed E-state index contributed by atoms with van der Waals surface area (Å²) in [6.07, 6.45) is 2.88. The van der Waals surface area contributed by atoms with E-state index in [9.17, 15) is 18.0 Å². The van der Waals surface area contributed by atoms with Crippen LogP contribution in [0.3, 0.4) is 0 Å². The Morgan fingerprint density at radius 1 is 1.25 bits per heavy atom. The van der Waals surface area contributed by atoms with Crippen LogP contribution in [0.1, 0.15) is 36.5 Å². The molecule has 0 spiro atoms. The molecular weight excluding hydrogens is 278 g/mol. The lowest BCUT2D eigenvalue weighted by Gasteiger charge is -2.31. The maximum Gasteiger partial charge on any atom is 0.243 e. The fourth-order valence-electron chi connectivity index (χ4n) is 2.36. The molecule has 1 saturated heterocycles. The SMILES string of the molecule is CC(=O)c1ccc(S(=O)(=O)N2CCCCC2C=O)cc1. The Morgan fingerprint density at radius 2 is 1.90 bits per heavy atom. The van der Waals surface area contributed by atoms with E-state index in [4.69, 9.17) is 0 Å². The summed E-state index contributed by atoms with van der Waals surface area (Å²) in [5.41, 5.74) is 0.467. The number of carbonyl (C=O) groups is 2. The standard InChI is InChI=1S/C14H17NO4S/c1-11(17)12-5-7-14(8-6-12)20(18,19)15-9-3-2-4-13(15)10-16/h5-8,10,13H,2-4,9H2,1H3. The molecule has 0 aromatic heterocycles. The van der Waals surface area contributed by atoms with Crippen molar-refractivity contribution in [1.82, 2.24) is 4.31 Å². The van der Waals surface area contributed by atoms with Crippen molar-refractivity contribution in [2.24, 2.45) is 0 Å². The van der Waals surface area contributed by atoms with E-state index in [0.29, 0.717) is 24.8 Å². The first kappa shape index (κ1) is 14.9. The number of benzene rings is 1. The summed E-state index contributed by atoms with van der Waals surface area (Å²) in [6.45, 7) is 1.79. The zero-order chi connectivity index (χ0) is 14.8. The molecule has 2 rings (SSSR count). The van der Waals surface area contributed by atoms with Gasteiger partial charge in [0.15, 0.2) is 5.78 Å². The highest BCUT2D eigenvalue weighted by atomic mass is 32.2. The fraction of sp³-hybridized carbons (Fsp3) is 0.429. The number of carbonyl (C=O) groups excluding carboxylic acids is 2. The van der Waals surface area contributed by atoms with Gasteiger partial charge >= 0.3 is 0 Å². The van der Waals surface area contributed by atoms with Crippen molar-refractivity contribution in [1.29, 1.82) is 0 Å². The van der Waals surface area contributed by atoms with Crippen LogP contribution in [-0.2, 0) is 14.8 Å². The molecule has 1 aromatic rings. The first-order chi connectivity index (χ1) is 9.46. The number of nitrogens with zero attached hydrogens (tertiary/aromatic N) is 1. The molecule has 1 fully saturated rings. The minimum Gasteiger partial charge on any atom is -0.302 e. The summed E-state index contributed by atoms with van der Waals surface area (Å²) in [4.78, 5) is 22.4. The molecule has 0 saturated carbocycles. The van der Waals surface area contributed by atoms with Gasteiger partial charge in [0.25, 0.3) is 0 Å². The van der Waals surface area contributed by atoms with Crippen molar-refractivity contribution in [3.63, 3.8) is 0 Å². The Labute approximate surface area is 118 Å². The minimum atomic E-state index is -3.67. The van der Waals surface area contributed by atoms with Gasteiger partial charge in [0, 0.05) is 12.1 Å². The van der Waals surface area contributed by atoms with Gasteiger partial charge in [0.2, 0.25) is 10.0 Å². The van der Waals surface area contributed by atoms with Crippen LogP contribution in [0, 0.1) is 0 Å². The molecular formula is C14H17NO4S. The average Bonchev–Trinajstić information content (AvgIpc) is 2.47. The number of hydrogen-bond donors (Lipinski definition) is 0. The second-order valence-corrected chi connectivity index (χ2v) is 6.79. The number of Topliss-reactive ketones (excluding diaryl/α,β-unsaturated/α-hetero) is 1. The number of ketones is 1. The molecule has 1 heterocycles. The summed E-state index contributed by atoms with van der Waals surface area (Å²) >= 11 is 0. The first-order valence-corrected chi connectivity index (χ1v) is 7.99. The number of sulfonamides is 1. The Kier molecular flexibility index (Phi) is 4.35. The summed E-state index contributed by atoms with van der Waals surface area (Å²) in [6, 6.07) is 5.25. The molecule has 5 nitrogen and oxygen atoms in total. The van der Waals surface area contributed by atoms with Crippen molar-refractivity contribution in [3.05, 3.63) is 29.8 Å². The fourth-order valence-corrected chi connectivity index (χ4v) is 3.99. The monoisotopic (exact) mass is 295 g/mol. The summed E-state index contributed by atoms with van der Waals surface area (Å²) in [5.74, 6) is -0.113. The van der Waals surface area contributed by atoms with Gasteiger partial charge in [-0.15, -0.1) is 0 Å². The van der Waals surface area contributed by atoms with Crippen molar-refractivity contribution < 1.29 is 18.0 Å².